The molecular weight excluding hydrogens is 367 g/mol. The Morgan fingerprint density at radius 1 is 0.778 bits per heavy atom. The molecule has 0 radical (unpaired) electrons. The Labute approximate surface area is 190 Å². The third kappa shape index (κ3) is 1000. The molecule has 0 rings (SSSR count). The van der Waals surface area contributed by atoms with Crippen LogP contribution in [0.4, 0.5) is 9.59 Å². The van der Waals surface area contributed by atoms with Crippen molar-refractivity contribution < 1.29 is 60.2 Å². The fourth-order valence-corrected chi connectivity index (χ4v) is 0. The molecule has 0 spiro atoms. The second-order valence-electron chi connectivity index (χ2n) is 0.969. The van der Waals surface area contributed by atoms with Gasteiger partial charge in [-0.2, -0.15) is 0 Å². The van der Waals surface area contributed by atoms with Crippen molar-refractivity contribution in [3.8, 4) is 0 Å². The molecule has 96 valence electrons. The first-order valence-electron chi connectivity index (χ1n) is 1.97. The Morgan fingerprint density at radius 3 is 0.778 bits per heavy atom. The summed E-state index contributed by atoms with van der Waals surface area (Å²) < 4.78 is 8.66. The predicted molar refractivity (Wildman–Crippen MR) is 45.1 cm³/mol. The van der Waals surface area contributed by atoms with Gasteiger partial charge in [-0.1, -0.05) is 0 Å². The summed E-state index contributed by atoms with van der Waals surface area (Å²) in [5, 5.41) is 33.3. The summed E-state index contributed by atoms with van der Waals surface area (Å²) >= 11 is 0. The largest absolute Gasteiger partial charge is 2.00 e. The van der Waals surface area contributed by atoms with Gasteiger partial charge in [-0.15, -0.1) is 0 Å². The van der Waals surface area contributed by atoms with E-state index in [1.165, 1.54) is 0 Å². The zero-order chi connectivity index (χ0) is 11.7. The Bertz CT molecular complexity index is 173. The molecule has 0 aromatic carbocycles. The molecule has 0 unspecified atom stereocenters. The molecule has 0 aliphatic carbocycles. The van der Waals surface area contributed by atoms with Crippen LogP contribution in [0.25, 0.3) is 0 Å². The zero-order valence-electron chi connectivity index (χ0n) is 8.69. The van der Waals surface area contributed by atoms with Crippen LogP contribution in [0.1, 0.15) is 0 Å². The van der Waals surface area contributed by atoms with E-state index in [-0.39, 0.29) is 124 Å². The molecule has 0 bridgehead atoms. The van der Waals surface area contributed by atoms with E-state index in [1.807, 2.05) is 0 Å². The second kappa shape index (κ2) is 31.6. The van der Waals surface area contributed by atoms with E-state index in [0.717, 1.165) is 0 Å². The van der Waals surface area contributed by atoms with Gasteiger partial charge in [0.2, 0.25) is 0 Å². The molecule has 12 nitrogen and oxygen atoms in total. The van der Waals surface area contributed by atoms with Crippen LogP contribution < -0.4 is 30.2 Å². The van der Waals surface area contributed by atoms with E-state index >= 15 is 0 Å². The van der Waals surface area contributed by atoms with Crippen molar-refractivity contribution in [3.05, 3.63) is 0 Å². The Morgan fingerprint density at radius 2 is 0.778 bits per heavy atom. The second-order valence-corrected chi connectivity index (χ2v) is 1.91. The Balaban J connectivity index is -0.0000000123. The maximum absolute atomic E-state index is 8.66. The van der Waals surface area contributed by atoms with E-state index in [1.54, 1.807) is 0 Å². The first kappa shape index (κ1) is 50.0. The minimum atomic E-state index is -5.14. The quantitative estimate of drug-likeness (QED) is 0.309. The normalized spacial score (nSPS) is 5.94. The van der Waals surface area contributed by atoms with Gasteiger partial charge in [-0.25, -0.2) is 0 Å². The van der Waals surface area contributed by atoms with Gasteiger partial charge in [0.25, 0.3) is 0 Å². The Hall–Kier alpha value is 2.35. The molecule has 18 heavy (non-hydrogen) atoms. The fourth-order valence-electron chi connectivity index (χ4n) is 0. The van der Waals surface area contributed by atoms with Gasteiger partial charge in [-0.05, 0) is 12.3 Å². The number of hydrogen-bond acceptors (Lipinski definition) is 9. The number of phosphoric acid groups is 1. The van der Waals surface area contributed by atoms with Crippen LogP contribution in [0.2, 0.25) is 0 Å². The van der Waals surface area contributed by atoms with Crippen molar-refractivity contribution in [2.24, 2.45) is 0 Å². The predicted octanol–water partition coefficient (Wildman–Crippen LogP) is -9.88. The molecule has 0 atom stereocenters. The van der Waals surface area contributed by atoms with Crippen LogP contribution in [0.5, 0.6) is 0 Å². The maximum atomic E-state index is 8.66. The fraction of sp³-hybridized carbons (Fsp3) is 0. The van der Waals surface area contributed by atoms with E-state index in [0.29, 0.717) is 0 Å². The van der Waals surface area contributed by atoms with Gasteiger partial charge < -0.3 is 60.2 Å². The first-order chi connectivity index (χ1) is 5.46. The molecule has 0 amide bonds. The van der Waals surface area contributed by atoms with E-state index in [4.69, 9.17) is 49.3 Å². The molecule has 5 N–H and O–H groups in total. The monoisotopic (exact) mass is 372 g/mol. The van der Waals surface area contributed by atoms with E-state index < -0.39 is 20.1 Å². The number of rotatable bonds is 0. The van der Waals surface area contributed by atoms with Gasteiger partial charge >= 0.3 is 113 Å². The number of hydrogen-bond donors (Lipinski definition) is 1. The molecular formula is C2H5Ca3O12P. The minimum absolute atomic E-state index is 0. The van der Waals surface area contributed by atoms with E-state index in [2.05, 4.69) is 0 Å². The minimum Gasteiger partial charge on any atom is -0.790 e. The first-order valence-corrected chi connectivity index (χ1v) is 3.47. The summed E-state index contributed by atoms with van der Waals surface area (Å²) in [5.41, 5.74) is 0. The molecule has 0 saturated heterocycles. The number of carbonyl (C=O) groups excluding carboxylic acids is 2. The zero-order valence-corrected chi connectivity index (χ0v) is 16.2. The van der Waals surface area contributed by atoms with Gasteiger partial charge in [-0.3, -0.25) is 0 Å². The summed E-state index contributed by atoms with van der Waals surface area (Å²) in [6, 6.07) is 0. The van der Waals surface area contributed by atoms with Crippen molar-refractivity contribution >= 4 is 133 Å². The van der Waals surface area contributed by atoms with Crippen LogP contribution in [-0.4, -0.2) is 141 Å². The average Bonchev–Trinajstić information content (AvgIpc) is 1.50. The van der Waals surface area contributed by atoms with E-state index in [9.17, 15) is 0 Å². The number of carboxylic acid groups (broad SMARTS) is 4. The average molecular weight is 372 g/mol. The molecule has 0 heterocycles. The molecule has 0 saturated carbocycles. The summed E-state index contributed by atoms with van der Waals surface area (Å²) in [5.74, 6) is 0. The molecule has 0 aromatic heterocycles. The standard InChI is InChI=1S/2CH2O3.3Ca.H3O4P.2H2O/c2*2-1(3)4;;;;1-5(2,3)4;;/h2*(H2,2,3,4);;;;(H3,1,2,3,4);2*1H2/q;;3*+2;;;/p-6. The third-order valence-corrected chi connectivity index (χ3v) is 0. The smallest absolute Gasteiger partial charge is 0.790 e. The molecule has 0 fully saturated rings. The molecule has 0 aliphatic rings. The summed E-state index contributed by atoms with van der Waals surface area (Å²) in [7, 11) is -5.14. The SMILES string of the molecule is O.O.O=C([O-])[O-].O=C([O-])[O-].O=P([O-])([O-])O.[Ca+2].[Ca+2].[Ca+2]. The van der Waals surface area contributed by atoms with Gasteiger partial charge in [0, 0.05) is 0 Å². The van der Waals surface area contributed by atoms with Crippen molar-refractivity contribution in [2.45, 2.75) is 0 Å². The van der Waals surface area contributed by atoms with Crippen molar-refractivity contribution in [3.63, 3.8) is 0 Å². The van der Waals surface area contributed by atoms with Crippen molar-refractivity contribution in [1.82, 2.24) is 0 Å². The number of carbonyl (C=O) groups is 2. The molecule has 0 aromatic rings. The Kier molecular flexibility index (Phi) is 87.8. The van der Waals surface area contributed by atoms with Crippen LogP contribution in [0.3, 0.4) is 0 Å². The molecule has 0 aliphatic heterocycles. The van der Waals surface area contributed by atoms with Gasteiger partial charge in [0.1, 0.15) is 0 Å². The van der Waals surface area contributed by atoms with Crippen molar-refractivity contribution in [1.29, 1.82) is 0 Å². The third-order valence-electron chi connectivity index (χ3n) is 0. The molecule has 16 heteroatoms. The summed E-state index contributed by atoms with van der Waals surface area (Å²) in [4.78, 5) is 41.0. The summed E-state index contributed by atoms with van der Waals surface area (Å²) in [6.07, 6.45) is -4.67. The van der Waals surface area contributed by atoms with Gasteiger partial charge in [0.05, 0.1) is 7.82 Å². The van der Waals surface area contributed by atoms with Crippen LogP contribution in [-0.2, 0) is 4.57 Å². The van der Waals surface area contributed by atoms with Crippen LogP contribution in [0.15, 0.2) is 0 Å². The van der Waals surface area contributed by atoms with Crippen LogP contribution in [0, 0.1) is 0 Å². The van der Waals surface area contributed by atoms with Crippen LogP contribution >= 0.6 is 7.82 Å². The maximum Gasteiger partial charge on any atom is 2.00 e. The van der Waals surface area contributed by atoms with Gasteiger partial charge in [0.15, 0.2) is 0 Å². The van der Waals surface area contributed by atoms with Crippen molar-refractivity contribution in [2.75, 3.05) is 0 Å². The summed E-state index contributed by atoms with van der Waals surface area (Å²) in [6.45, 7) is 0. The topological polar surface area (TPSA) is 273 Å².